The van der Waals surface area contributed by atoms with Crippen molar-refractivity contribution in [3.05, 3.63) is 58.6 Å². The van der Waals surface area contributed by atoms with E-state index >= 15 is 0 Å². The number of carbonyl (C=O) groups excluding carboxylic acids is 2. The molecule has 1 aromatic carbocycles. The molecule has 1 atom stereocenters. The molecule has 148 valence electrons. The maximum atomic E-state index is 13.2. The lowest BCUT2D eigenvalue weighted by atomic mass is 10.2. The lowest BCUT2D eigenvalue weighted by Crippen LogP contribution is -2.53. The second-order valence-electron chi connectivity index (χ2n) is 6.54. The molecule has 1 aliphatic heterocycles. The zero-order valence-electron chi connectivity index (χ0n) is 15.5. The average Bonchev–Trinajstić information content (AvgIpc) is 2.70. The number of ether oxygens (including phenoxy) is 1. The highest BCUT2D eigenvalue weighted by atomic mass is 79.9. The number of rotatable bonds is 5. The van der Waals surface area contributed by atoms with Crippen molar-refractivity contribution in [2.24, 2.45) is 0 Å². The zero-order valence-corrected chi connectivity index (χ0v) is 17.1. The molecule has 0 radical (unpaired) electrons. The van der Waals surface area contributed by atoms with Crippen molar-refractivity contribution in [1.29, 1.82) is 0 Å². The molecule has 2 heterocycles. The summed E-state index contributed by atoms with van der Waals surface area (Å²) in [5, 5.41) is 0. The molecule has 28 heavy (non-hydrogen) atoms. The summed E-state index contributed by atoms with van der Waals surface area (Å²) in [5.41, 5.74) is 0.734. The number of hydrogen-bond donors (Lipinski definition) is 0. The van der Waals surface area contributed by atoms with Gasteiger partial charge in [-0.3, -0.25) is 14.6 Å². The Balaban J connectivity index is 1.51. The molecule has 0 saturated carbocycles. The first-order valence-corrected chi connectivity index (χ1v) is 9.81. The fourth-order valence-electron chi connectivity index (χ4n) is 3.01. The second kappa shape index (κ2) is 9.14. The summed E-state index contributed by atoms with van der Waals surface area (Å²) in [6.45, 7) is 3.52. The third-order valence-corrected chi connectivity index (χ3v) is 5.17. The van der Waals surface area contributed by atoms with E-state index in [0.29, 0.717) is 36.4 Å². The Morgan fingerprint density at radius 2 is 1.89 bits per heavy atom. The quantitative estimate of drug-likeness (QED) is 0.703. The van der Waals surface area contributed by atoms with Gasteiger partial charge in [0.2, 0.25) is 5.91 Å². The average molecular weight is 450 g/mol. The van der Waals surface area contributed by atoms with Crippen LogP contribution in [0.4, 0.5) is 4.39 Å². The van der Waals surface area contributed by atoms with E-state index in [0.717, 1.165) is 5.69 Å². The Bertz CT molecular complexity index is 842. The van der Waals surface area contributed by atoms with Crippen molar-refractivity contribution in [1.82, 2.24) is 14.8 Å². The van der Waals surface area contributed by atoms with Gasteiger partial charge >= 0.3 is 0 Å². The second-order valence-corrected chi connectivity index (χ2v) is 7.39. The van der Waals surface area contributed by atoms with Crippen LogP contribution in [0.15, 0.2) is 47.1 Å². The molecule has 6 nitrogen and oxygen atoms in total. The predicted octanol–water partition coefficient (Wildman–Crippen LogP) is 2.66. The third kappa shape index (κ3) is 5.07. The number of amides is 2. The van der Waals surface area contributed by atoms with Gasteiger partial charge in [-0.1, -0.05) is 6.07 Å². The van der Waals surface area contributed by atoms with Gasteiger partial charge in [0, 0.05) is 38.1 Å². The Morgan fingerprint density at radius 3 is 2.54 bits per heavy atom. The van der Waals surface area contributed by atoms with Gasteiger partial charge in [-0.25, -0.2) is 4.39 Å². The molecule has 1 saturated heterocycles. The molecule has 0 spiro atoms. The van der Waals surface area contributed by atoms with Crippen molar-refractivity contribution >= 4 is 27.7 Å². The molecule has 8 heteroatoms. The van der Waals surface area contributed by atoms with Gasteiger partial charge in [0.1, 0.15) is 11.6 Å². The van der Waals surface area contributed by atoms with Crippen LogP contribution in [-0.2, 0) is 16.0 Å². The van der Waals surface area contributed by atoms with E-state index in [1.807, 2.05) is 18.2 Å². The van der Waals surface area contributed by atoms with Gasteiger partial charge in [0.15, 0.2) is 6.10 Å². The molecule has 0 N–H and O–H groups in total. The number of aromatic nitrogens is 1. The van der Waals surface area contributed by atoms with E-state index in [9.17, 15) is 14.0 Å². The monoisotopic (exact) mass is 449 g/mol. The van der Waals surface area contributed by atoms with Gasteiger partial charge < -0.3 is 14.5 Å². The van der Waals surface area contributed by atoms with Gasteiger partial charge in [0.25, 0.3) is 5.91 Å². The SMILES string of the molecule is CC(Oc1ccc(F)cc1Br)C(=O)N1CCN(C(=O)Cc2ccccn2)CC1. The van der Waals surface area contributed by atoms with E-state index in [1.54, 1.807) is 22.9 Å². The minimum Gasteiger partial charge on any atom is -0.480 e. The molecule has 2 aromatic rings. The van der Waals surface area contributed by atoms with Crippen LogP contribution in [0.25, 0.3) is 0 Å². The molecule has 1 unspecified atom stereocenters. The Kier molecular flexibility index (Phi) is 6.61. The van der Waals surface area contributed by atoms with Crippen molar-refractivity contribution in [3.8, 4) is 5.75 Å². The smallest absolute Gasteiger partial charge is 0.263 e. The number of piperazine rings is 1. The summed E-state index contributed by atoms with van der Waals surface area (Å²) in [4.78, 5) is 32.7. The lowest BCUT2D eigenvalue weighted by Gasteiger charge is -2.36. The number of carbonyl (C=O) groups is 2. The van der Waals surface area contributed by atoms with Crippen LogP contribution in [-0.4, -0.2) is 58.9 Å². The molecular formula is C20H21BrFN3O3. The van der Waals surface area contributed by atoms with Gasteiger partial charge in [0.05, 0.1) is 10.9 Å². The highest BCUT2D eigenvalue weighted by molar-refractivity contribution is 9.10. The van der Waals surface area contributed by atoms with Crippen LogP contribution in [0.1, 0.15) is 12.6 Å². The molecule has 1 fully saturated rings. The maximum Gasteiger partial charge on any atom is 0.263 e. The predicted molar refractivity (Wildman–Crippen MR) is 105 cm³/mol. The summed E-state index contributed by atoms with van der Waals surface area (Å²) < 4.78 is 19.3. The number of halogens is 2. The first-order chi connectivity index (χ1) is 13.4. The summed E-state index contributed by atoms with van der Waals surface area (Å²) in [6, 6.07) is 9.54. The number of benzene rings is 1. The van der Waals surface area contributed by atoms with Crippen LogP contribution in [0.2, 0.25) is 0 Å². The van der Waals surface area contributed by atoms with E-state index in [2.05, 4.69) is 20.9 Å². The van der Waals surface area contributed by atoms with Crippen molar-refractivity contribution < 1.29 is 18.7 Å². The number of hydrogen-bond acceptors (Lipinski definition) is 4. The summed E-state index contributed by atoms with van der Waals surface area (Å²) in [7, 11) is 0. The molecule has 2 amide bonds. The molecular weight excluding hydrogens is 429 g/mol. The minimum absolute atomic E-state index is 0.00494. The standard InChI is InChI=1S/C20H21BrFN3O3/c1-14(28-18-6-5-15(22)12-17(18)21)20(27)25-10-8-24(9-11-25)19(26)13-16-4-2-3-7-23-16/h2-7,12,14H,8-11,13H2,1H3. The fourth-order valence-corrected chi connectivity index (χ4v) is 3.46. The highest BCUT2D eigenvalue weighted by Gasteiger charge is 2.28. The van der Waals surface area contributed by atoms with Crippen LogP contribution >= 0.6 is 15.9 Å². The molecule has 1 aromatic heterocycles. The zero-order chi connectivity index (χ0) is 20.1. The lowest BCUT2D eigenvalue weighted by molar-refractivity contribution is -0.143. The van der Waals surface area contributed by atoms with Crippen LogP contribution in [0.3, 0.4) is 0 Å². The molecule has 0 aliphatic carbocycles. The van der Waals surface area contributed by atoms with Gasteiger partial charge in [-0.2, -0.15) is 0 Å². The van der Waals surface area contributed by atoms with Gasteiger partial charge in [-0.15, -0.1) is 0 Å². The first kappa shape index (κ1) is 20.3. The molecule has 3 rings (SSSR count). The normalized spacial score (nSPS) is 15.2. The van der Waals surface area contributed by atoms with Crippen LogP contribution in [0.5, 0.6) is 5.75 Å². The first-order valence-electron chi connectivity index (χ1n) is 9.02. The molecule has 0 bridgehead atoms. The molecule has 1 aliphatic rings. The van der Waals surface area contributed by atoms with E-state index in [-0.39, 0.29) is 24.1 Å². The van der Waals surface area contributed by atoms with Crippen LogP contribution in [0, 0.1) is 5.82 Å². The number of nitrogens with zero attached hydrogens (tertiary/aromatic N) is 3. The van der Waals surface area contributed by atoms with E-state index in [4.69, 9.17) is 4.74 Å². The number of pyridine rings is 1. The third-order valence-electron chi connectivity index (χ3n) is 4.55. The topological polar surface area (TPSA) is 62.7 Å². The Morgan fingerprint density at radius 1 is 1.18 bits per heavy atom. The minimum atomic E-state index is -0.711. The van der Waals surface area contributed by atoms with Crippen LogP contribution < -0.4 is 4.74 Å². The van der Waals surface area contributed by atoms with Crippen molar-refractivity contribution in [2.75, 3.05) is 26.2 Å². The largest absolute Gasteiger partial charge is 0.480 e. The van der Waals surface area contributed by atoms with Crippen molar-refractivity contribution in [2.45, 2.75) is 19.4 Å². The highest BCUT2D eigenvalue weighted by Crippen LogP contribution is 2.26. The Labute approximate surface area is 171 Å². The summed E-state index contributed by atoms with van der Waals surface area (Å²) in [6.07, 6.45) is 1.21. The van der Waals surface area contributed by atoms with E-state index in [1.165, 1.54) is 18.2 Å². The summed E-state index contributed by atoms with van der Waals surface area (Å²) >= 11 is 3.23. The maximum absolute atomic E-state index is 13.2. The van der Waals surface area contributed by atoms with E-state index < -0.39 is 6.10 Å². The van der Waals surface area contributed by atoms with Gasteiger partial charge in [-0.05, 0) is 53.2 Å². The fraction of sp³-hybridized carbons (Fsp3) is 0.350. The Hall–Kier alpha value is -2.48. The van der Waals surface area contributed by atoms with Crippen molar-refractivity contribution in [3.63, 3.8) is 0 Å². The summed E-state index contributed by atoms with van der Waals surface area (Å²) in [5.74, 6) is -0.130.